The molecule has 0 aliphatic rings. The number of hydrogen-bond donors (Lipinski definition) is 1. The van der Waals surface area contributed by atoms with Crippen molar-refractivity contribution in [2.24, 2.45) is 0 Å². The average Bonchev–Trinajstić information content (AvgIpc) is 3.09. The molecule has 3 aromatic rings. The number of nitrogens with two attached hydrogens (primary N) is 1. The van der Waals surface area contributed by atoms with Crippen molar-refractivity contribution in [2.75, 3.05) is 19.5 Å². The number of aromatic nitrogens is 2. The number of thiophene rings is 1. The first-order valence-electron chi connectivity index (χ1n) is 9.27. The SMILES string of the molecule is CCOC(=O)c1sc2nc(COC(=O)c3ccc(OC(F)F)c(OC)c3)nc(N)c2c1C. The maximum atomic E-state index is 12.4. The summed E-state index contributed by atoms with van der Waals surface area (Å²) in [4.78, 5) is 33.8. The van der Waals surface area contributed by atoms with Gasteiger partial charge in [-0.1, -0.05) is 0 Å². The summed E-state index contributed by atoms with van der Waals surface area (Å²) in [5.41, 5.74) is 6.69. The van der Waals surface area contributed by atoms with E-state index in [1.807, 2.05) is 0 Å². The number of anilines is 1. The van der Waals surface area contributed by atoms with Gasteiger partial charge in [0.05, 0.1) is 24.7 Å². The number of benzene rings is 1. The van der Waals surface area contributed by atoms with Crippen molar-refractivity contribution in [3.8, 4) is 11.5 Å². The van der Waals surface area contributed by atoms with Crippen molar-refractivity contribution in [3.63, 3.8) is 0 Å². The van der Waals surface area contributed by atoms with E-state index in [4.69, 9.17) is 19.9 Å². The zero-order chi connectivity index (χ0) is 23.4. The lowest BCUT2D eigenvalue weighted by Crippen LogP contribution is -2.09. The van der Waals surface area contributed by atoms with Gasteiger partial charge in [0.15, 0.2) is 23.9 Å². The summed E-state index contributed by atoms with van der Waals surface area (Å²) >= 11 is 1.10. The molecular weight excluding hydrogens is 448 g/mol. The van der Waals surface area contributed by atoms with Gasteiger partial charge >= 0.3 is 18.6 Å². The molecule has 0 amide bonds. The van der Waals surface area contributed by atoms with E-state index in [0.717, 1.165) is 11.3 Å². The van der Waals surface area contributed by atoms with Gasteiger partial charge in [0.2, 0.25) is 0 Å². The maximum absolute atomic E-state index is 12.4. The molecule has 2 N–H and O–H groups in total. The van der Waals surface area contributed by atoms with Crippen LogP contribution in [0.4, 0.5) is 14.6 Å². The van der Waals surface area contributed by atoms with Gasteiger partial charge in [-0.05, 0) is 37.6 Å². The minimum atomic E-state index is -3.04. The van der Waals surface area contributed by atoms with E-state index in [1.54, 1.807) is 13.8 Å². The minimum Gasteiger partial charge on any atom is -0.493 e. The summed E-state index contributed by atoms with van der Waals surface area (Å²) in [6.45, 7) is 0.316. The fourth-order valence-corrected chi connectivity index (χ4v) is 3.97. The monoisotopic (exact) mass is 467 g/mol. The predicted molar refractivity (Wildman–Crippen MR) is 111 cm³/mol. The highest BCUT2D eigenvalue weighted by Gasteiger charge is 2.21. The van der Waals surface area contributed by atoms with Crippen molar-refractivity contribution in [1.82, 2.24) is 9.97 Å². The van der Waals surface area contributed by atoms with Crippen LogP contribution in [0.25, 0.3) is 10.2 Å². The van der Waals surface area contributed by atoms with Crippen LogP contribution >= 0.6 is 11.3 Å². The Labute approximate surface area is 185 Å². The fourth-order valence-electron chi connectivity index (χ4n) is 2.87. The molecule has 2 aromatic heterocycles. The lowest BCUT2D eigenvalue weighted by molar-refractivity contribution is -0.0512. The number of carbonyl (C=O) groups is 2. The Balaban J connectivity index is 1.78. The summed E-state index contributed by atoms with van der Waals surface area (Å²) in [5, 5.41) is 0.535. The first kappa shape index (κ1) is 23.1. The second-order valence-electron chi connectivity index (χ2n) is 6.30. The fraction of sp³-hybridized carbons (Fsp3) is 0.300. The molecule has 0 fully saturated rings. The summed E-state index contributed by atoms with van der Waals surface area (Å²) in [6.07, 6.45) is 0. The van der Waals surface area contributed by atoms with Crippen LogP contribution in [0.2, 0.25) is 0 Å². The normalized spacial score (nSPS) is 10.9. The van der Waals surface area contributed by atoms with Crippen molar-refractivity contribution in [3.05, 3.63) is 40.0 Å². The van der Waals surface area contributed by atoms with E-state index in [9.17, 15) is 18.4 Å². The molecule has 2 heterocycles. The minimum absolute atomic E-state index is 0.0501. The van der Waals surface area contributed by atoms with Gasteiger partial charge in [-0.25, -0.2) is 19.6 Å². The number of esters is 2. The number of nitrogen functional groups attached to an aromatic ring is 1. The van der Waals surface area contributed by atoms with Gasteiger partial charge in [0.1, 0.15) is 15.5 Å². The Bertz CT molecular complexity index is 1170. The summed E-state index contributed by atoms with van der Waals surface area (Å²) in [7, 11) is 1.25. The zero-order valence-corrected chi connectivity index (χ0v) is 18.1. The Hall–Kier alpha value is -3.54. The molecule has 0 saturated heterocycles. The van der Waals surface area contributed by atoms with Crippen LogP contribution in [-0.4, -0.2) is 42.2 Å². The Morgan fingerprint density at radius 3 is 2.56 bits per heavy atom. The lowest BCUT2D eigenvalue weighted by Gasteiger charge is -2.11. The third kappa shape index (κ3) is 4.85. The lowest BCUT2D eigenvalue weighted by atomic mass is 10.2. The summed E-state index contributed by atoms with van der Waals surface area (Å²) < 4.78 is 44.4. The third-order valence-electron chi connectivity index (χ3n) is 4.27. The van der Waals surface area contributed by atoms with E-state index < -0.39 is 18.6 Å². The number of carbonyl (C=O) groups excluding carboxylic acids is 2. The number of nitrogens with zero attached hydrogens (tertiary/aromatic N) is 2. The van der Waals surface area contributed by atoms with Gasteiger partial charge in [-0.3, -0.25) is 0 Å². The van der Waals surface area contributed by atoms with E-state index in [0.29, 0.717) is 20.7 Å². The van der Waals surface area contributed by atoms with Crippen LogP contribution < -0.4 is 15.2 Å². The van der Waals surface area contributed by atoms with Crippen molar-refractivity contribution in [1.29, 1.82) is 0 Å². The second-order valence-corrected chi connectivity index (χ2v) is 7.30. The van der Waals surface area contributed by atoms with Crippen molar-refractivity contribution in [2.45, 2.75) is 27.1 Å². The molecule has 9 nitrogen and oxygen atoms in total. The van der Waals surface area contributed by atoms with E-state index in [1.165, 1.54) is 25.3 Å². The summed E-state index contributed by atoms with van der Waals surface area (Å²) in [5.74, 6) is -1.24. The number of hydrogen-bond acceptors (Lipinski definition) is 10. The highest BCUT2D eigenvalue weighted by atomic mass is 32.1. The topological polar surface area (TPSA) is 123 Å². The van der Waals surface area contributed by atoms with Gasteiger partial charge in [-0.15, -0.1) is 11.3 Å². The number of methoxy groups -OCH3 is 1. The molecule has 0 atom stereocenters. The Morgan fingerprint density at radius 1 is 1.16 bits per heavy atom. The van der Waals surface area contributed by atoms with Crippen molar-refractivity contribution < 1.29 is 37.3 Å². The number of ether oxygens (including phenoxy) is 4. The number of alkyl halides is 2. The molecule has 0 radical (unpaired) electrons. The van der Waals surface area contributed by atoms with Gasteiger partial charge < -0.3 is 24.7 Å². The first-order valence-corrected chi connectivity index (χ1v) is 10.1. The predicted octanol–water partition coefficient (Wildman–Crippen LogP) is 3.73. The molecule has 170 valence electrons. The van der Waals surface area contributed by atoms with Crippen LogP contribution in [-0.2, 0) is 16.1 Å². The molecule has 0 saturated carbocycles. The molecule has 0 bridgehead atoms. The Morgan fingerprint density at radius 2 is 1.91 bits per heavy atom. The number of aryl methyl sites for hydroxylation is 1. The average molecular weight is 467 g/mol. The van der Waals surface area contributed by atoms with Gasteiger partial charge in [0.25, 0.3) is 0 Å². The molecule has 1 aromatic carbocycles. The quantitative estimate of drug-likeness (QED) is 0.494. The highest BCUT2D eigenvalue weighted by molar-refractivity contribution is 7.20. The summed E-state index contributed by atoms with van der Waals surface area (Å²) in [6, 6.07) is 3.65. The smallest absolute Gasteiger partial charge is 0.387 e. The van der Waals surface area contributed by atoms with Crippen molar-refractivity contribution >= 4 is 39.3 Å². The number of halogens is 2. The standard InChI is InChI=1S/C20H19F2N3O6S/c1-4-29-19(27)15-9(2)14-16(23)24-13(25-17(14)32-15)8-30-18(26)10-5-6-11(31-20(21)22)12(7-10)28-3/h5-7,20H,4,8H2,1-3H3,(H2,23,24,25). The van der Waals surface area contributed by atoms with Crippen LogP contribution in [0.3, 0.4) is 0 Å². The number of fused-ring (bicyclic) bond motifs is 1. The first-order chi connectivity index (χ1) is 15.2. The van der Waals surface area contributed by atoms with Crippen LogP contribution in [0, 0.1) is 6.92 Å². The molecule has 0 unspecified atom stereocenters. The molecule has 12 heteroatoms. The van der Waals surface area contributed by atoms with Crippen LogP contribution in [0.15, 0.2) is 18.2 Å². The molecular formula is C20H19F2N3O6S. The van der Waals surface area contributed by atoms with E-state index in [-0.39, 0.29) is 41.9 Å². The van der Waals surface area contributed by atoms with E-state index >= 15 is 0 Å². The zero-order valence-electron chi connectivity index (χ0n) is 17.3. The van der Waals surface area contributed by atoms with Crippen LogP contribution in [0.1, 0.15) is 38.3 Å². The largest absolute Gasteiger partial charge is 0.493 e. The highest BCUT2D eigenvalue weighted by Crippen LogP contribution is 2.33. The third-order valence-corrected chi connectivity index (χ3v) is 5.44. The molecule has 32 heavy (non-hydrogen) atoms. The van der Waals surface area contributed by atoms with Gasteiger partial charge in [-0.2, -0.15) is 8.78 Å². The molecule has 0 aliphatic carbocycles. The number of rotatable bonds is 8. The second kappa shape index (κ2) is 9.73. The van der Waals surface area contributed by atoms with Crippen LogP contribution in [0.5, 0.6) is 11.5 Å². The molecule has 0 aliphatic heterocycles. The van der Waals surface area contributed by atoms with E-state index in [2.05, 4.69) is 14.7 Å². The van der Waals surface area contributed by atoms with Gasteiger partial charge in [0, 0.05) is 0 Å². The Kier molecular flexibility index (Phi) is 7.03. The molecule has 0 spiro atoms. The molecule has 3 rings (SSSR count). The maximum Gasteiger partial charge on any atom is 0.387 e.